The molecule has 0 spiro atoms. The van der Waals surface area contributed by atoms with Gasteiger partial charge in [-0.3, -0.25) is 4.79 Å². The van der Waals surface area contributed by atoms with Crippen molar-refractivity contribution in [2.24, 2.45) is 0 Å². The number of carbonyl (C=O) groups excluding carboxylic acids is 1. The number of likely N-dealkylation sites (tertiary alicyclic amines) is 1. The lowest BCUT2D eigenvalue weighted by Crippen LogP contribution is -2.41. The summed E-state index contributed by atoms with van der Waals surface area (Å²) in [6, 6.07) is 4.97. The molecule has 0 bridgehead atoms. The SMILES string of the molecule is COc1ccc(C)cc1CC(=O)N1CCCC1C(=O)O. The Kier molecular flexibility index (Phi) is 4.27. The van der Waals surface area contributed by atoms with E-state index in [9.17, 15) is 9.59 Å². The van der Waals surface area contributed by atoms with E-state index in [1.54, 1.807) is 7.11 Å². The second kappa shape index (κ2) is 5.94. The van der Waals surface area contributed by atoms with Crippen LogP contribution in [0, 0.1) is 6.92 Å². The van der Waals surface area contributed by atoms with E-state index in [1.807, 2.05) is 25.1 Å². The van der Waals surface area contributed by atoms with Crippen molar-refractivity contribution in [2.75, 3.05) is 13.7 Å². The Labute approximate surface area is 118 Å². The fourth-order valence-corrected chi connectivity index (χ4v) is 2.63. The van der Waals surface area contributed by atoms with E-state index < -0.39 is 12.0 Å². The minimum atomic E-state index is -0.924. The predicted octanol–water partition coefficient (Wildman–Crippen LogP) is 1.62. The molecule has 0 radical (unpaired) electrons. The van der Waals surface area contributed by atoms with E-state index in [2.05, 4.69) is 0 Å². The zero-order valence-electron chi connectivity index (χ0n) is 11.8. The number of carboxylic acid groups (broad SMARTS) is 1. The van der Waals surface area contributed by atoms with Crippen LogP contribution >= 0.6 is 0 Å². The van der Waals surface area contributed by atoms with E-state index >= 15 is 0 Å². The minimum absolute atomic E-state index is 0.154. The van der Waals surface area contributed by atoms with Crippen molar-refractivity contribution >= 4 is 11.9 Å². The monoisotopic (exact) mass is 277 g/mol. The molecule has 1 aliphatic heterocycles. The minimum Gasteiger partial charge on any atom is -0.496 e. The molecule has 5 heteroatoms. The number of amides is 1. The van der Waals surface area contributed by atoms with E-state index in [0.717, 1.165) is 17.5 Å². The molecule has 1 atom stereocenters. The van der Waals surface area contributed by atoms with Crippen LogP contribution in [0.15, 0.2) is 18.2 Å². The third-order valence-electron chi connectivity index (χ3n) is 3.64. The van der Waals surface area contributed by atoms with Crippen molar-refractivity contribution in [3.63, 3.8) is 0 Å². The summed E-state index contributed by atoms with van der Waals surface area (Å²) in [6.07, 6.45) is 1.45. The molecular formula is C15H19NO4. The number of nitrogens with zero attached hydrogens (tertiary/aromatic N) is 1. The normalized spacial score (nSPS) is 18.1. The first-order valence-corrected chi connectivity index (χ1v) is 6.68. The highest BCUT2D eigenvalue weighted by Gasteiger charge is 2.33. The Morgan fingerprint density at radius 2 is 2.20 bits per heavy atom. The van der Waals surface area contributed by atoms with E-state index in [-0.39, 0.29) is 12.3 Å². The van der Waals surface area contributed by atoms with Crippen LogP contribution in [0.3, 0.4) is 0 Å². The Balaban J connectivity index is 2.15. The highest BCUT2D eigenvalue weighted by molar-refractivity contribution is 5.86. The van der Waals surface area contributed by atoms with Crippen molar-refractivity contribution in [3.05, 3.63) is 29.3 Å². The van der Waals surface area contributed by atoms with E-state index in [4.69, 9.17) is 9.84 Å². The van der Waals surface area contributed by atoms with Crippen LogP contribution in [-0.4, -0.2) is 41.6 Å². The lowest BCUT2D eigenvalue weighted by Gasteiger charge is -2.22. The van der Waals surface area contributed by atoms with Gasteiger partial charge in [0.1, 0.15) is 11.8 Å². The van der Waals surface area contributed by atoms with Gasteiger partial charge in [-0.2, -0.15) is 0 Å². The molecule has 1 heterocycles. The van der Waals surface area contributed by atoms with Crippen molar-refractivity contribution in [3.8, 4) is 5.75 Å². The lowest BCUT2D eigenvalue weighted by atomic mass is 10.1. The number of hydrogen-bond donors (Lipinski definition) is 1. The van der Waals surface area contributed by atoms with Gasteiger partial charge in [-0.25, -0.2) is 4.79 Å². The van der Waals surface area contributed by atoms with Crippen molar-refractivity contribution in [2.45, 2.75) is 32.2 Å². The third-order valence-corrected chi connectivity index (χ3v) is 3.64. The average molecular weight is 277 g/mol. The summed E-state index contributed by atoms with van der Waals surface area (Å²) in [5, 5.41) is 9.12. The second-order valence-electron chi connectivity index (χ2n) is 5.08. The molecule has 0 saturated carbocycles. The van der Waals surface area contributed by atoms with Crippen LogP contribution in [0.25, 0.3) is 0 Å². The molecule has 5 nitrogen and oxygen atoms in total. The molecule has 1 aliphatic rings. The summed E-state index contributed by atoms with van der Waals surface area (Å²) in [4.78, 5) is 24.9. The Bertz CT molecular complexity index is 527. The molecular weight excluding hydrogens is 258 g/mol. The molecule has 1 N–H and O–H groups in total. The Morgan fingerprint density at radius 1 is 1.45 bits per heavy atom. The summed E-state index contributed by atoms with van der Waals surface area (Å²) in [7, 11) is 1.56. The number of aliphatic carboxylic acids is 1. The van der Waals surface area contributed by atoms with Gasteiger partial charge in [-0.05, 0) is 25.8 Å². The number of rotatable bonds is 4. The molecule has 1 aromatic carbocycles. The van der Waals surface area contributed by atoms with Gasteiger partial charge in [0.05, 0.1) is 13.5 Å². The third kappa shape index (κ3) is 2.92. The highest BCUT2D eigenvalue weighted by atomic mass is 16.5. The first kappa shape index (κ1) is 14.4. The number of ether oxygens (including phenoxy) is 1. The number of hydrogen-bond acceptors (Lipinski definition) is 3. The second-order valence-corrected chi connectivity index (χ2v) is 5.08. The standard InChI is InChI=1S/C15H19NO4/c1-10-5-6-13(20-2)11(8-10)9-14(17)16-7-3-4-12(16)15(18)19/h5-6,8,12H,3-4,7,9H2,1-2H3,(H,18,19). The van der Waals surface area contributed by atoms with Crippen LogP contribution in [0.4, 0.5) is 0 Å². The van der Waals surface area contributed by atoms with Crippen molar-refractivity contribution in [1.82, 2.24) is 4.90 Å². The maximum Gasteiger partial charge on any atom is 0.326 e. The Hall–Kier alpha value is -2.04. The summed E-state index contributed by atoms with van der Waals surface area (Å²) in [5.41, 5.74) is 1.85. The average Bonchev–Trinajstić information content (AvgIpc) is 2.88. The zero-order valence-corrected chi connectivity index (χ0v) is 11.8. The van der Waals surface area contributed by atoms with Crippen molar-refractivity contribution in [1.29, 1.82) is 0 Å². The molecule has 0 aromatic heterocycles. The van der Waals surface area contributed by atoms with Crippen LogP contribution < -0.4 is 4.74 Å². The number of aryl methyl sites for hydroxylation is 1. The van der Waals surface area contributed by atoms with Gasteiger partial charge in [0.2, 0.25) is 5.91 Å². The van der Waals surface area contributed by atoms with Crippen molar-refractivity contribution < 1.29 is 19.4 Å². The van der Waals surface area contributed by atoms with Gasteiger partial charge >= 0.3 is 5.97 Å². The molecule has 108 valence electrons. The van der Waals surface area contributed by atoms with Crippen LogP contribution in [-0.2, 0) is 16.0 Å². The highest BCUT2D eigenvalue weighted by Crippen LogP contribution is 2.23. The van der Waals surface area contributed by atoms with Gasteiger partial charge in [0.25, 0.3) is 0 Å². The number of carboxylic acids is 1. The van der Waals surface area contributed by atoms with Gasteiger partial charge in [-0.15, -0.1) is 0 Å². The number of benzene rings is 1. The summed E-state index contributed by atoms with van der Waals surface area (Å²) >= 11 is 0. The predicted molar refractivity (Wildman–Crippen MR) is 73.8 cm³/mol. The number of methoxy groups -OCH3 is 1. The van der Waals surface area contributed by atoms with Crippen LogP contribution in [0.1, 0.15) is 24.0 Å². The molecule has 1 aromatic rings. The Morgan fingerprint density at radius 3 is 2.85 bits per heavy atom. The molecule has 20 heavy (non-hydrogen) atoms. The summed E-state index contributed by atoms with van der Waals surface area (Å²) < 4.78 is 5.25. The van der Waals surface area contributed by atoms with Crippen LogP contribution in [0.5, 0.6) is 5.75 Å². The molecule has 0 aliphatic carbocycles. The van der Waals surface area contributed by atoms with Gasteiger partial charge in [0.15, 0.2) is 0 Å². The molecule has 1 unspecified atom stereocenters. The lowest BCUT2D eigenvalue weighted by molar-refractivity contribution is -0.148. The topological polar surface area (TPSA) is 66.8 Å². The maximum absolute atomic E-state index is 12.3. The van der Waals surface area contributed by atoms with Gasteiger partial charge < -0.3 is 14.7 Å². The first-order chi connectivity index (χ1) is 9.52. The molecule has 2 rings (SSSR count). The smallest absolute Gasteiger partial charge is 0.326 e. The largest absolute Gasteiger partial charge is 0.496 e. The number of carbonyl (C=O) groups is 2. The van der Waals surface area contributed by atoms with Gasteiger partial charge in [-0.1, -0.05) is 17.7 Å². The summed E-state index contributed by atoms with van der Waals surface area (Å²) in [6.45, 7) is 2.47. The summed E-state index contributed by atoms with van der Waals surface area (Å²) in [5.74, 6) is -0.416. The fraction of sp³-hybridized carbons (Fsp3) is 0.467. The molecule has 1 saturated heterocycles. The molecule has 1 amide bonds. The first-order valence-electron chi connectivity index (χ1n) is 6.68. The maximum atomic E-state index is 12.3. The quantitative estimate of drug-likeness (QED) is 0.908. The van der Waals surface area contributed by atoms with E-state index in [1.165, 1.54) is 4.90 Å². The van der Waals surface area contributed by atoms with E-state index in [0.29, 0.717) is 18.7 Å². The molecule has 1 fully saturated rings. The fourth-order valence-electron chi connectivity index (χ4n) is 2.63. The van der Waals surface area contributed by atoms with Crippen LogP contribution in [0.2, 0.25) is 0 Å². The zero-order chi connectivity index (χ0) is 14.7. The van der Waals surface area contributed by atoms with Gasteiger partial charge in [0, 0.05) is 12.1 Å².